The van der Waals surface area contributed by atoms with Crippen molar-refractivity contribution >= 4 is 16.3 Å². The Hall–Kier alpha value is -2.34. The number of benzene rings is 2. The molecule has 0 saturated heterocycles. The summed E-state index contributed by atoms with van der Waals surface area (Å²) in [4.78, 5) is 0. The summed E-state index contributed by atoms with van der Waals surface area (Å²) in [6.45, 7) is 9.06. The van der Waals surface area contributed by atoms with Crippen molar-refractivity contribution in [2.45, 2.75) is 34.1 Å². The zero-order valence-electron chi connectivity index (χ0n) is 15.0. The van der Waals surface area contributed by atoms with Gasteiger partial charge in [0.2, 0.25) is 0 Å². The first kappa shape index (κ1) is 15.2. The van der Waals surface area contributed by atoms with Crippen LogP contribution in [0.15, 0.2) is 71.4 Å². The molecule has 0 heterocycles. The van der Waals surface area contributed by atoms with E-state index in [0.717, 1.165) is 6.42 Å². The van der Waals surface area contributed by atoms with Crippen molar-refractivity contribution in [1.82, 2.24) is 0 Å². The molecule has 0 aromatic heterocycles. The van der Waals surface area contributed by atoms with Crippen LogP contribution >= 0.6 is 0 Å². The van der Waals surface area contributed by atoms with Gasteiger partial charge in [0.25, 0.3) is 0 Å². The summed E-state index contributed by atoms with van der Waals surface area (Å²) >= 11 is 0. The number of fused-ring (bicyclic) bond motifs is 2. The van der Waals surface area contributed by atoms with Crippen molar-refractivity contribution in [3.63, 3.8) is 0 Å². The van der Waals surface area contributed by atoms with Crippen LogP contribution in [0.25, 0.3) is 16.3 Å². The van der Waals surface area contributed by atoms with E-state index in [1.54, 1.807) is 0 Å². The Morgan fingerprint density at radius 3 is 2.62 bits per heavy atom. The molecule has 0 amide bonds. The van der Waals surface area contributed by atoms with Gasteiger partial charge in [-0.2, -0.15) is 0 Å². The van der Waals surface area contributed by atoms with E-state index >= 15 is 0 Å². The van der Waals surface area contributed by atoms with Crippen molar-refractivity contribution in [2.24, 2.45) is 5.92 Å². The standard InChI is InChI=1S/C24H24/c1-15-13-19-9-5-7-11-21(19)23(17(15)3)24-18(4)16(2)14-20-10-6-8-12-22(20)24/h5-9,11-14,20H,10H2,1-4H3. The summed E-state index contributed by atoms with van der Waals surface area (Å²) in [6.07, 6.45) is 10.4. The average Bonchev–Trinajstić information content (AvgIpc) is 2.58. The van der Waals surface area contributed by atoms with Crippen LogP contribution in [0, 0.1) is 19.8 Å². The van der Waals surface area contributed by atoms with E-state index in [-0.39, 0.29) is 0 Å². The van der Waals surface area contributed by atoms with E-state index in [1.807, 2.05) is 0 Å². The lowest BCUT2D eigenvalue weighted by Crippen LogP contribution is -2.13. The number of aryl methyl sites for hydroxylation is 1. The quantitative estimate of drug-likeness (QED) is 0.550. The molecular formula is C24H24. The molecule has 2 aromatic rings. The van der Waals surface area contributed by atoms with Crippen LogP contribution in [0.4, 0.5) is 0 Å². The van der Waals surface area contributed by atoms with Gasteiger partial charge in [-0.25, -0.2) is 0 Å². The van der Waals surface area contributed by atoms with Gasteiger partial charge < -0.3 is 0 Å². The summed E-state index contributed by atoms with van der Waals surface area (Å²) in [5, 5.41) is 2.71. The fourth-order valence-electron chi connectivity index (χ4n) is 4.16. The van der Waals surface area contributed by atoms with Crippen LogP contribution in [-0.4, -0.2) is 0 Å². The molecular weight excluding hydrogens is 288 g/mol. The van der Waals surface area contributed by atoms with E-state index in [9.17, 15) is 0 Å². The molecule has 0 bridgehead atoms. The molecule has 0 saturated carbocycles. The minimum Gasteiger partial charge on any atom is -0.0836 e. The highest BCUT2D eigenvalue weighted by Crippen LogP contribution is 2.45. The maximum Gasteiger partial charge on any atom is 0.00646 e. The van der Waals surface area contributed by atoms with Gasteiger partial charge in [-0.15, -0.1) is 0 Å². The molecule has 0 radical (unpaired) electrons. The molecule has 0 aliphatic heterocycles. The lowest BCUT2D eigenvalue weighted by Gasteiger charge is -2.31. The fourth-order valence-corrected chi connectivity index (χ4v) is 4.16. The average molecular weight is 312 g/mol. The predicted molar refractivity (Wildman–Crippen MR) is 105 cm³/mol. The van der Waals surface area contributed by atoms with Crippen LogP contribution in [0.2, 0.25) is 0 Å². The summed E-state index contributed by atoms with van der Waals surface area (Å²) in [7, 11) is 0. The highest BCUT2D eigenvalue weighted by atomic mass is 14.3. The fraction of sp³-hybridized carbons (Fsp3) is 0.250. The van der Waals surface area contributed by atoms with Gasteiger partial charge in [-0.1, -0.05) is 60.2 Å². The molecule has 4 rings (SSSR count). The van der Waals surface area contributed by atoms with Crippen molar-refractivity contribution in [2.75, 3.05) is 0 Å². The monoisotopic (exact) mass is 312 g/mol. The normalized spacial score (nSPS) is 20.1. The zero-order valence-corrected chi connectivity index (χ0v) is 15.0. The van der Waals surface area contributed by atoms with Gasteiger partial charge >= 0.3 is 0 Å². The van der Waals surface area contributed by atoms with Crippen LogP contribution in [0.5, 0.6) is 0 Å². The largest absolute Gasteiger partial charge is 0.0836 e. The first-order valence-electron chi connectivity index (χ1n) is 8.84. The maximum atomic E-state index is 2.45. The van der Waals surface area contributed by atoms with Gasteiger partial charge in [0, 0.05) is 5.92 Å². The molecule has 1 unspecified atom stereocenters. The predicted octanol–water partition coefficient (Wildman–Crippen LogP) is 6.69. The summed E-state index contributed by atoms with van der Waals surface area (Å²) < 4.78 is 0. The van der Waals surface area contributed by atoms with E-state index in [2.05, 4.69) is 82.3 Å². The van der Waals surface area contributed by atoms with Gasteiger partial charge in [-0.3, -0.25) is 0 Å². The van der Waals surface area contributed by atoms with Crippen molar-refractivity contribution < 1.29 is 0 Å². The maximum absolute atomic E-state index is 2.45. The Labute approximate surface area is 144 Å². The van der Waals surface area contributed by atoms with Crippen molar-refractivity contribution in [3.05, 3.63) is 88.0 Å². The van der Waals surface area contributed by atoms with Crippen molar-refractivity contribution in [1.29, 1.82) is 0 Å². The molecule has 0 nitrogen and oxygen atoms in total. The highest BCUT2D eigenvalue weighted by Gasteiger charge is 2.27. The minimum atomic E-state index is 0.521. The molecule has 1 atom stereocenters. The van der Waals surface area contributed by atoms with Crippen LogP contribution in [0.3, 0.4) is 0 Å². The molecule has 0 fully saturated rings. The lowest BCUT2D eigenvalue weighted by molar-refractivity contribution is 0.773. The Kier molecular flexibility index (Phi) is 3.57. The van der Waals surface area contributed by atoms with Crippen LogP contribution < -0.4 is 0 Å². The first-order valence-corrected chi connectivity index (χ1v) is 8.84. The SMILES string of the molecule is CC1=CC2CC=CC=C2C(c2c(C)c(C)cc3ccccc23)=C1C. The number of allylic oxidation sites excluding steroid dienone is 8. The lowest BCUT2D eigenvalue weighted by atomic mass is 9.73. The van der Waals surface area contributed by atoms with E-state index in [4.69, 9.17) is 0 Å². The number of hydrogen-bond acceptors (Lipinski definition) is 0. The second kappa shape index (κ2) is 5.63. The third-order valence-electron chi connectivity index (χ3n) is 5.73. The smallest absolute Gasteiger partial charge is 0.00646 e. The number of rotatable bonds is 1. The van der Waals surface area contributed by atoms with E-state index in [1.165, 1.54) is 49.8 Å². The Morgan fingerprint density at radius 2 is 1.79 bits per heavy atom. The Balaban J connectivity index is 2.11. The zero-order chi connectivity index (χ0) is 16.8. The molecule has 2 aliphatic rings. The molecule has 2 aromatic carbocycles. The van der Waals surface area contributed by atoms with E-state index in [0.29, 0.717) is 5.92 Å². The molecule has 24 heavy (non-hydrogen) atoms. The van der Waals surface area contributed by atoms with Crippen molar-refractivity contribution in [3.8, 4) is 0 Å². The van der Waals surface area contributed by atoms with Gasteiger partial charge in [0.15, 0.2) is 0 Å². The second-order valence-corrected chi connectivity index (χ2v) is 7.16. The third kappa shape index (κ3) is 2.21. The second-order valence-electron chi connectivity index (χ2n) is 7.16. The number of hydrogen-bond donors (Lipinski definition) is 0. The molecule has 2 aliphatic carbocycles. The summed E-state index contributed by atoms with van der Waals surface area (Å²) in [5.74, 6) is 0.521. The Morgan fingerprint density at radius 1 is 1.00 bits per heavy atom. The van der Waals surface area contributed by atoms with Gasteiger partial charge in [-0.05, 0) is 78.3 Å². The summed E-state index contributed by atoms with van der Waals surface area (Å²) in [5.41, 5.74) is 10.0. The molecule has 0 heteroatoms. The third-order valence-corrected chi connectivity index (χ3v) is 5.73. The van der Waals surface area contributed by atoms with Crippen LogP contribution in [0.1, 0.15) is 37.0 Å². The molecule has 0 spiro atoms. The first-order chi connectivity index (χ1) is 11.6. The minimum absolute atomic E-state index is 0.521. The molecule has 0 N–H and O–H groups in total. The van der Waals surface area contributed by atoms with E-state index < -0.39 is 0 Å². The van der Waals surface area contributed by atoms with Gasteiger partial charge in [0.1, 0.15) is 0 Å². The summed E-state index contributed by atoms with van der Waals surface area (Å²) in [6, 6.07) is 11.1. The Bertz CT molecular complexity index is 961. The van der Waals surface area contributed by atoms with Crippen LogP contribution in [-0.2, 0) is 0 Å². The molecule has 120 valence electrons. The topological polar surface area (TPSA) is 0 Å². The van der Waals surface area contributed by atoms with Gasteiger partial charge in [0.05, 0.1) is 0 Å². The highest BCUT2D eigenvalue weighted by molar-refractivity contribution is 6.02.